The molecule has 11 heteroatoms. The second kappa shape index (κ2) is 8.29. The number of alkyl halides is 3. The quantitative estimate of drug-likeness (QED) is 0.240. The number of hydrogen-bond donors (Lipinski definition) is 3. The molecule has 1 aromatic heterocycles. The first kappa shape index (κ1) is 22.1. The van der Waals surface area contributed by atoms with Gasteiger partial charge in [-0.15, -0.1) is 5.10 Å². The lowest BCUT2D eigenvalue weighted by Gasteiger charge is -2.31. The number of amides is 1. The van der Waals surface area contributed by atoms with E-state index in [0.717, 1.165) is 30.8 Å². The summed E-state index contributed by atoms with van der Waals surface area (Å²) in [5, 5.41) is 7.90. The SMILES string of the molecule is CN(N)/N=C(\N)C(C)(CC1CC1)NC(=O)c1cc(OCC(F)(F)F)c(C2CC2)cn1. The van der Waals surface area contributed by atoms with Crippen molar-refractivity contribution >= 4 is 11.7 Å². The van der Waals surface area contributed by atoms with Crippen LogP contribution in [0.4, 0.5) is 13.2 Å². The maximum atomic E-state index is 12.9. The zero-order valence-electron chi connectivity index (χ0n) is 17.0. The van der Waals surface area contributed by atoms with Crippen LogP contribution in [0.3, 0.4) is 0 Å². The molecule has 166 valence electrons. The van der Waals surface area contributed by atoms with Crippen LogP contribution >= 0.6 is 0 Å². The van der Waals surface area contributed by atoms with Crippen molar-refractivity contribution in [3.05, 3.63) is 23.5 Å². The molecule has 0 saturated heterocycles. The Labute approximate surface area is 172 Å². The van der Waals surface area contributed by atoms with Gasteiger partial charge in [-0.3, -0.25) is 9.78 Å². The number of rotatable bonds is 9. The number of nitrogens with zero attached hydrogens (tertiary/aromatic N) is 3. The van der Waals surface area contributed by atoms with Crippen LogP contribution in [0.25, 0.3) is 0 Å². The third kappa shape index (κ3) is 5.97. The molecule has 0 radical (unpaired) electrons. The lowest BCUT2D eigenvalue weighted by molar-refractivity contribution is -0.153. The number of pyridine rings is 1. The van der Waals surface area contributed by atoms with Gasteiger partial charge in [0.05, 0.1) is 5.54 Å². The minimum Gasteiger partial charge on any atom is -0.484 e. The molecule has 5 N–H and O–H groups in total. The van der Waals surface area contributed by atoms with E-state index in [4.69, 9.17) is 16.3 Å². The van der Waals surface area contributed by atoms with Crippen molar-refractivity contribution in [2.24, 2.45) is 22.6 Å². The molecule has 2 aliphatic carbocycles. The standard InChI is InChI=1S/C19H27F3N6O2/c1-18(8-11-3-4-11,17(23)27-28(2)24)26-16(29)14-7-15(30-10-19(20,21)22)13(9-25-14)12-5-6-12/h7,9,11-12H,3-6,8,10,24H2,1-2H3,(H2,23,27)(H,26,29). The first-order valence-electron chi connectivity index (χ1n) is 9.82. The second-order valence-electron chi connectivity index (χ2n) is 8.28. The summed E-state index contributed by atoms with van der Waals surface area (Å²) in [4.78, 5) is 17.1. The summed E-state index contributed by atoms with van der Waals surface area (Å²) in [6.45, 7) is 0.310. The van der Waals surface area contributed by atoms with E-state index in [1.165, 1.54) is 19.3 Å². The molecule has 0 spiro atoms. The maximum absolute atomic E-state index is 12.9. The smallest absolute Gasteiger partial charge is 0.422 e. The van der Waals surface area contributed by atoms with E-state index in [1.54, 1.807) is 6.92 Å². The van der Waals surface area contributed by atoms with Crippen molar-refractivity contribution in [1.29, 1.82) is 0 Å². The Bertz CT molecular complexity index is 821. The monoisotopic (exact) mass is 428 g/mol. The summed E-state index contributed by atoms with van der Waals surface area (Å²) >= 11 is 0. The van der Waals surface area contributed by atoms with Gasteiger partial charge in [0.2, 0.25) is 0 Å². The van der Waals surface area contributed by atoms with Crippen LogP contribution in [0.1, 0.15) is 61.0 Å². The van der Waals surface area contributed by atoms with Gasteiger partial charge in [0.1, 0.15) is 17.3 Å². The molecule has 2 aliphatic rings. The van der Waals surface area contributed by atoms with Gasteiger partial charge >= 0.3 is 6.18 Å². The Morgan fingerprint density at radius 3 is 2.57 bits per heavy atom. The molecule has 3 rings (SSSR count). The van der Waals surface area contributed by atoms with Gasteiger partial charge < -0.3 is 15.8 Å². The molecule has 8 nitrogen and oxygen atoms in total. The van der Waals surface area contributed by atoms with Gasteiger partial charge in [-0.1, -0.05) is 12.8 Å². The van der Waals surface area contributed by atoms with Crippen molar-refractivity contribution in [2.45, 2.75) is 56.7 Å². The third-order valence-electron chi connectivity index (χ3n) is 5.15. The Balaban J connectivity index is 1.81. The van der Waals surface area contributed by atoms with Crippen molar-refractivity contribution in [3.63, 3.8) is 0 Å². The summed E-state index contributed by atoms with van der Waals surface area (Å²) in [6, 6.07) is 1.26. The summed E-state index contributed by atoms with van der Waals surface area (Å²) in [5.74, 6) is 5.66. The first-order valence-corrected chi connectivity index (χ1v) is 9.82. The van der Waals surface area contributed by atoms with E-state index in [0.29, 0.717) is 17.9 Å². The van der Waals surface area contributed by atoms with Gasteiger partial charge in [0, 0.05) is 24.9 Å². The highest BCUT2D eigenvalue weighted by Gasteiger charge is 2.39. The van der Waals surface area contributed by atoms with Crippen molar-refractivity contribution < 1.29 is 22.7 Å². The van der Waals surface area contributed by atoms with Crippen LogP contribution in [0.15, 0.2) is 17.4 Å². The maximum Gasteiger partial charge on any atom is 0.422 e. The summed E-state index contributed by atoms with van der Waals surface area (Å²) in [7, 11) is 1.51. The lowest BCUT2D eigenvalue weighted by atomic mass is 9.93. The average molecular weight is 428 g/mol. The van der Waals surface area contributed by atoms with E-state index in [-0.39, 0.29) is 23.2 Å². The number of ether oxygens (including phenoxy) is 1. The zero-order valence-corrected chi connectivity index (χ0v) is 17.0. The molecule has 0 aromatic carbocycles. The first-order chi connectivity index (χ1) is 14.0. The number of aromatic nitrogens is 1. The highest BCUT2D eigenvalue weighted by Crippen LogP contribution is 2.44. The van der Waals surface area contributed by atoms with E-state index in [2.05, 4.69) is 15.4 Å². The number of hydrazine groups is 1. The van der Waals surface area contributed by atoms with Crippen molar-refractivity contribution in [3.8, 4) is 5.75 Å². The van der Waals surface area contributed by atoms with Gasteiger partial charge in [-0.25, -0.2) is 11.0 Å². The van der Waals surface area contributed by atoms with Crippen LogP contribution < -0.4 is 21.6 Å². The van der Waals surface area contributed by atoms with Gasteiger partial charge in [-0.05, 0) is 38.0 Å². The molecule has 30 heavy (non-hydrogen) atoms. The number of carbonyl (C=O) groups excluding carboxylic acids is 1. The Kier molecular flexibility index (Phi) is 6.11. The fourth-order valence-electron chi connectivity index (χ4n) is 3.27. The van der Waals surface area contributed by atoms with E-state index >= 15 is 0 Å². The number of nitrogens with one attached hydrogen (secondary N) is 1. The topological polar surface area (TPSA) is 119 Å². The molecular formula is C19H27F3N6O2. The number of hydrogen-bond acceptors (Lipinski definition) is 6. The Morgan fingerprint density at radius 2 is 2.03 bits per heavy atom. The Hall–Kier alpha value is -2.56. The number of carbonyl (C=O) groups is 1. The molecule has 2 saturated carbocycles. The molecule has 2 fully saturated rings. The van der Waals surface area contributed by atoms with Crippen LogP contribution in [0, 0.1) is 5.92 Å². The summed E-state index contributed by atoms with van der Waals surface area (Å²) in [6.07, 6.45) is 1.28. The fourth-order valence-corrected chi connectivity index (χ4v) is 3.27. The number of nitrogens with two attached hydrogens (primary N) is 2. The molecule has 1 heterocycles. The molecule has 1 aromatic rings. The van der Waals surface area contributed by atoms with Gasteiger partial charge in [0.25, 0.3) is 5.91 Å². The van der Waals surface area contributed by atoms with Gasteiger partial charge in [0.15, 0.2) is 6.61 Å². The molecule has 1 atom stereocenters. The van der Waals surface area contributed by atoms with E-state index in [9.17, 15) is 18.0 Å². The van der Waals surface area contributed by atoms with E-state index < -0.39 is 24.2 Å². The number of amidine groups is 1. The predicted molar refractivity (Wildman–Crippen MR) is 105 cm³/mol. The largest absolute Gasteiger partial charge is 0.484 e. The highest BCUT2D eigenvalue weighted by molar-refractivity contribution is 5.99. The lowest BCUT2D eigenvalue weighted by Crippen LogP contribution is -2.56. The highest BCUT2D eigenvalue weighted by atomic mass is 19.4. The molecule has 1 amide bonds. The van der Waals surface area contributed by atoms with Gasteiger partial charge in [-0.2, -0.15) is 13.2 Å². The minimum atomic E-state index is -4.48. The zero-order chi connectivity index (χ0) is 22.1. The van der Waals surface area contributed by atoms with Crippen LogP contribution in [-0.4, -0.2) is 47.2 Å². The molecule has 0 bridgehead atoms. The van der Waals surface area contributed by atoms with Crippen molar-refractivity contribution in [1.82, 2.24) is 15.4 Å². The average Bonchev–Trinajstić information content (AvgIpc) is 3.53. The van der Waals surface area contributed by atoms with Crippen LogP contribution in [0.2, 0.25) is 0 Å². The second-order valence-corrected chi connectivity index (χ2v) is 8.28. The predicted octanol–water partition coefficient (Wildman–Crippen LogP) is 2.27. The normalized spacial score (nSPS) is 19.2. The Morgan fingerprint density at radius 1 is 1.37 bits per heavy atom. The molecule has 0 aliphatic heterocycles. The summed E-state index contributed by atoms with van der Waals surface area (Å²) in [5.41, 5.74) is 5.66. The van der Waals surface area contributed by atoms with E-state index in [1.807, 2.05) is 0 Å². The number of halogens is 3. The van der Waals surface area contributed by atoms with Crippen LogP contribution in [0.5, 0.6) is 5.75 Å². The van der Waals surface area contributed by atoms with Crippen LogP contribution in [-0.2, 0) is 0 Å². The van der Waals surface area contributed by atoms with Crippen molar-refractivity contribution in [2.75, 3.05) is 13.7 Å². The fraction of sp³-hybridized carbons (Fsp3) is 0.632. The third-order valence-corrected chi connectivity index (χ3v) is 5.15. The number of hydrazone groups is 1. The molecular weight excluding hydrogens is 401 g/mol. The molecule has 1 unspecified atom stereocenters. The minimum absolute atomic E-state index is 0.0298. The summed E-state index contributed by atoms with van der Waals surface area (Å²) < 4.78 is 42.9.